The first-order valence-corrected chi connectivity index (χ1v) is 2.32. The van der Waals surface area contributed by atoms with E-state index in [9.17, 15) is 4.79 Å². The summed E-state index contributed by atoms with van der Waals surface area (Å²) in [5, 5.41) is 3.45. The summed E-state index contributed by atoms with van der Waals surface area (Å²) in [4.78, 5) is 10.3. The molecule has 48 valence electrons. The number of rotatable bonds is 1. The zero-order chi connectivity index (χ0) is 5.86. The molecule has 0 aliphatic carbocycles. The van der Waals surface area contributed by atoms with E-state index < -0.39 is 0 Å². The predicted molar refractivity (Wildman–Crippen MR) is 29.1 cm³/mol. The van der Waals surface area contributed by atoms with Crippen molar-refractivity contribution in [3.05, 3.63) is 5.32 Å². The van der Waals surface area contributed by atoms with E-state index in [2.05, 4.69) is 5.32 Å². The molecule has 0 aliphatic heterocycles. The first kappa shape index (κ1) is 17.0. The van der Waals surface area contributed by atoms with Crippen LogP contribution >= 0.6 is 0 Å². The number of nitrogens with zero attached hydrogens (tertiary/aromatic N) is 1. The smallest absolute Gasteiger partial charge is 0.0535 e. The van der Waals surface area contributed by atoms with Crippen LogP contribution in [0.3, 0.4) is 0 Å². The summed E-state index contributed by atoms with van der Waals surface area (Å²) in [5.74, 6) is 0.0324. The molecule has 0 bridgehead atoms. The predicted octanol–water partition coefficient (Wildman–Crippen LogP) is 1.17. The molecule has 0 spiro atoms. The third-order valence-electron chi connectivity index (χ3n) is 0.714. The van der Waals surface area contributed by atoms with Gasteiger partial charge >= 0.3 is 0 Å². The minimum Gasteiger partial charge on any atom is -0.656 e. The maximum absolute atomic E-state index is 10.3. The van der Waals surface area contributed by atoms with Gasteiger partial charge < -0.3 is 10.1 Å². The molecular formula is C5H10NOY2-. The summed E-state index contributed by atoms with van der Waals surface area (Å²) in [6.07, 6.45) is 0. The Bertz CT molecular complexity index is 75.4. The third kappa shape index (κ3) is 9.68. The second-order valence-corrected chi connectivity index (χ2v) is 1.72. The summed E-state index contributed by atoms with van der Waals surface area (Å²) >= 11 is 0. The van der Waals surface area contributed by atoms with Crippen LogP contribution in [0.5, 0.6) is 0 Å². The zero-order valence-corrected chi connectivity index (χ0v) is 11.8. The van der Waals surface area contributed by atoms with E-state index >= 15 is 0 Å². The summed E-state index contributed by atoms with van der Waals surface area (Å²) in [7, 11) is 1.52. The minimum absolute atomic E-state index is 0. The van der Waals surface area contributed by atoms with Crippen LogP contribution in [-0.2, 0) is 70.2 Å². The summed E-state index contributed by atoms with van der Waals surface area (Å²) in [6.45, 7) is 3.66. The molecule has 0 unspecified atom stereocenters. The fraction of sp³-hybridized carbons (Fsp3) is 0.800. The van der Waals surface area contributed by atoms with Gasteiger partial charge in [0.25, 0.3) is 0 Å². The van der Waals surface area contributed by atoms with E-state index in [1.54, 1.807) is 0 Å². The van der Waals surface area contributed by atoms with Gasteiger partial charge in [0.1, 0.15) is 0 Å². The van der Waals surface area contributed by atoms with Crippen molar-refractivity contribution in [1.82, 2.24) is 0 Å². The second-order valence-electron chi connectivity index (χ2n) is 1.72. The van der Waals surface area contributed by atoms with Crippen LogP contribution in [0.15, 0.2) is 0 Å². The normalized spacial score (nSPS) is 7.11. The molecule has 0 heterocycles. The van der Waals surface area contributed by atoms with Crippen molar-refractivity contribution < 1.29 is 70.2 Å². The Morgan fingerprint density at radius 2 is 1.67 bits per heavy atom. The van der Waals surface area contributed by atoms with Gasteiger partial charge in [-0.25, -0.2) is 0 Å². The van der Waals surface area contributed by atoms with Crippen molar-refractivity contribution in [2.24, 2.45) is 5.92 Å². The van der Waals surface area contributed by atoms with E-state index in [0.717, 1.165) is 0 Å². The molecule has 0 aliphatic rings. The Hall–Kier alpha value is 1.68. The molecule has 0 saturated carbocycles. The van der Waals surface area contributed by atoms with E-state index in [1.807, 2.05) is 13.8 Å². The van der Waals surface area contributed by atoms with Gasteiger partial charge in [0.2, 0.25) is 0 Å². The Labute approximate surface area is 107 Å². The molecule has 0 rings (SSSR count). The number of carbonyl (C=O) groups is 1. The fourth-order valence-corrected chi connectivity index (χ4v) is 0.258. The topological polar surface area (TPSA) is 31.2 Å². The van der Waals surface area contributed by atoms with Crippen LogP contribution in [0.1, 0.15) is 13.8 Å². The standard InChI is InChI=1S/C5H11NO.2Y/c1-4(2)5(7)6-3;;/h4H,1-3H3,(H,6,7);;/p-1. The van der Waals surface area contributed by atoms with E-state index in [-0.39, 0.29) is 77.2 Å². The average molecular weight is 278 g/mol. The molecule has 2 radical (unpaired) electrons. The van der Waals surface area contributed by atoms with Gasteiger partial charge in [-0.2, -0.15) is 0 Å². The van der Waals surface area contributed by atoms with Crippen molar-refractivity contribution in [1.29, 1.82) is 0 Å². The van der Waals surface area contributed by atoms with Gasteiger partial charge in [-0.1, -0.05) is 13.8 Å². The van der Waals surface area contributed by atoms with Crippen molar-refractivity contribution >= 4 is 5.91 Å². The Morgan fingerprint density at radius 1 is 1.33 bits per heavy atom. The van der Waals surface area contributed by atoms with Crippen molar-refractivity contribution in [2.75, 3.05) is 7.05 Å². The SMILES string of the molecule is C[N-]C(=O)C(C)C.[Y].[Y]. The third-order valence-corrected chi connectivity index (χ3v) is 0.714. The molecule has 0 N–H and O–H groups in total. The molecule has 4 heteroatoms. The van der Waals surface area contributed by atoms with Gasteiger partial charge in [-0.3, -0.25) is 0 Å². The first-order chi connectivity index (χ1) is 3.18. The van der Waals surface area contributed by atoms with E-state index in [0.29, 0.717) is 0 Å². The number of hydrogen-bond acceptors (Lipinski definition) is 1. The van der Waals surface area contributed by atoms with Crippen LogP contribution < -0.4 is 0 Å². The minimum atomic E-state index is -0.0278. The molecule has 9 heavy (non-hydrogen) atoms. The van der Waals surface area contributed by atoms with Crippen molar-refractivity contribution in [3.63, 3.8) is 0 Å². The number of amides is 1. The molecule has 1 amide bonds. The summed E-state index contributed by atoms with van der Waals surface area (Å²) in [6, 6.07) is 0. The first-order valence-electron chi connectivity index (χ1n) is 2.32. The maximum Gasteiger partial charge on any atom is 0.0535 e. The average Bonchev–Trinajstić information content (AvgIpc) is 1.65. The maximum atomic E-state index is 10.3. The van der Waals surface area contributed by atoms with Crippen LogP contribution in [-0.4, -0.2) is 13.0 Å². The summed E-state index contributed by atoms with van der Waals surface area (Å²) in [5.41, 5.74) is 0. The Kier molecular flexibility index (Phi) is 18.2. The number of carbonyl (C=O) groups excluding carboxylic acids is 1. The van der Waals surface area contributed by atoms with E-state index in [4.69, 9.17) is 0 Å². The van der Waals surface area contributed by atoms with Gasteiger partial charge in [-0.15, -0.1) is 7.05 Å². The Morgan fingerprint density at radius 3 is 1.67 bits per heavy atom. The summed E-state index contributed by atoms with van der Waals surface area (Å²) < 4.78 is 0. The van der Waals surface area contributed by atoms with Gasteiger partial charge in [-0.05, 0) is 5.92 Å². The monoisotopic (exact) mass is 278 g/mol. The van der Waals surface area contributed by atoms with Gasteiger partial charge in [0, 0.05) is 65.4 Å². The molecule has 2 nitrogen and oxygen atoms in total. The molecule has 0 fully saturated rings. The number of hydrogen-bond donors (Lipinski definition) is 0. The van der Waals surface area contributed by atoms with Crippen molar-refractivity contribution in [3.8, 4) is 0 Å². The fourth-order valence-electron chi connectivity index (χ4n) is 0.258. The second kappa shape index (κ2) is 9.68. The largest absolute Gasteiger partial charge is 0.656 e. The molecule has 0 aromatic heterocycles. The quantitative estimate of drug-likeness (QED) is 0.708. The van der Waals surface area contributed by atoms with E-state index in [1.165, 1.54) is 7.05 Å². The van der Waals surface area contributed by atoms with Crippen LogP contribution in [0.25, 0.3) is 5.32 Å². The molecule has 0 atom stereocenters. The molecule has 0 saturated heterocycles. The molecular weight excluding hydrogens is 268 g/mol. The molecule has 0 aromatic carbocycles. The van der Waals surface area contributed by atoms with Crippen LogP contribution in [0.4, 0.5) is 0 Å². The van der Waals surface area contributed by atoms with Crippen molar-refractivity contribution in [2.45, 2.75) is 13.8 Å². The Balaban J connectivity index is -0.000000180. The van der Waals surface area contributed by atoms with Crippen LogP contribution in [0, 0.1) is 5.92 Å². The van der Waals surface area contributed by atoms with Crippen LogP contribution in [0.2, 0.25) is 0 Å². The zero-order valence-electron chi connectivity index (χ0n) is 6.09. The van der Waals surface area contributed by atoms with Gasteiger partial charge in [0.15, 0.2) is 0 Å². The molecule has 0 aromatic rings. The van der Waals surface area contributed by atoms with Gasteiger partial charge in [0.05, 0.1) is 5.91 Å².